The van der Waals surface area contributed by atoms with Gasteiger partial charge in [0, 0.05) is 7.05 Å². The second-order valence-electron chi connectivity index (χ2n) is 3.42. The van der Waals surface area contributed by atoms with Crippen LogP contribution in [-0.2, 0) is 7.05 Å². The Labute approximate surface area is 72.3 Å². The van der Waals surface area contributed by atoms with Gasteiger partial charge in [0.15, 0.2) is 5.75 Å². The van der Waals surface area contributed by atoms with E-state index < -0.39 is 0 Å². The van der Waals surface area contributed by atoms with Gasteiger partial charge in [-0.05, 0) is 26.2 Å². The van der Waals surface area contributed by atoms with E-state index in [1.54, 1.807) is 4.68 Å². The summed E-state index contributed by atoms with van der Waals surface area (Å²) in [6.07, 6.45) is 6.10. The van der Waals surface area contributed by atoms with Crippen molar-refractivity contribution in [3.8, 4) is 5.75 Å². The maximum absolute atomic E-state index is 5.72. The van der Waals surface area contributed by atoms with E-state index >= 15 is 0 Å². The van der Waals surface area contributed by atoms with Gasteiger partial charge in [-0.3, -0.25) is 4.68 Å². The third-order valence-corrected chi connectivity index (χ3v) is 2.31. The third kappa shape index (κ3) is 1.31. The summed E-state index contributed by atoms with van der Waals surface area (Å²) in [7, 11) is 1.92. The van der Waals surface area contributed by atoms with Crippen LogP contribution in [0, 0.1) is 6.92 Å². The molecule has 12 heavy (non-hydrogen) atoms. The van der Waals surface area contributed by atoms with E-state index in [0.717, 1.165) is 11.4 Å². The van der Waals surface area contributed by atoms with E-state index in [0.29, 0.717) is 6.10 Å². The highest BCUT2D eigenvalue weighted by molar-refractivity contribution is 5.23. The van der Waals surface area contributed by atoms with Crippen molar-refractivity contribution in [3.63, 3.8) is 0 Å². The number of aryl methyl sites for hydroxylation is 2. The van der Waals surface area contributed by atoms with E-state index in [4.69, 9.17) is 4.74 Å². The quantitative estimate of drug-likeness (QED) is 0.668. The fraction of sp³-hybridized carbons (Fsp3) is 0.667. The number of nitrogens with zero attached hydrogens (tertiary/aromatic N) is 2. The molecule has 0 aromatic carbocycles. The van der Waals surface area contributed by atoms with Crippen LogP contribution in [-0.4, -0.2) is 15.9 Å². The molecule has 0 atom stereocenters. The Hall–Kier alpha value is -0.990. The van der Waals surface area contributed by atoms with E-state index in [1.807, 2.05) is 20.2 Å². The molecule has 1 heterocycles. The Morgan fingerprint density at radius 1 is 1.58 bits per heavy atom. The van der Waals surface area contributed by atoms with E-state index in [1.165, 1.54) is 19.3 Å². The molecule has 0 unspecified atom stereocenters. The van der Waals surface area contributed by atoms with Crippen LogP contribution < -0.4 is 4.74 Å². The van der Waals surface area contributed by atoms with Crippen LogP contribution in [0.25, 0.3) is 0 Å². The molecule has 0 amide bonds. The lowest BCUT2D eigenvalue weighted by Crippen LogP contribution is -2.24. The average molecular weight is 166 g/mol. The first-order valence-electron chi connectivity index (χ1n) is 4.42. The Kier molecular flexibility index (Phi) is 1.79. The predicted octanol–water partition coefficient (Wildman–Crippen LogP) is 1.66. The lowest BCUT2D eigenvalue weighted by Gasteiger charge is -2.25. The summed E-state index contributed by atoms with van der Waals surface area (Å²) in [6, 6.07) is 0. The molecule has 3 heteroatoms. The molecule has 0 N–H and O–H groups in total. The van der Waals surface area contributed by atoms with Gasteiger partial charge in [-0.15, -0.1) is 0 Å². The molecule has 1 aliphatic rings. The van der Waals surface area contributed by atoms with Crippen LogP contribution in [0.4, 0.5) is 0 Å². The van der Waals surface area contributed by atoms with Crippen LogP contribution >= 0.6 is 0 Å². The molecule has 1 aliphatic carbocycles. The lowest BCUT2D eigenvalue weighted by atomic mass is 9.96. The molecule has 0 saturated heterocycles. The molecule has 1 aromatic heterocycles. The smallest absolute Gasteiger partial charge is 0.160 e. The molecule has 1 saturated carbocycles. The SMILES string of the molecule is Cc1nn(C)cc1OC1CCC1. The average Bonchev–Trinajstić information content (AvgIpc) is 2.21. The lowest BCUT2D eigenvalue weighted by molar-refractivity contribution is 0.119. The van der Waals surface area contributed by atoms with Crippen molar-refractivity contribution in [1.29, 1.82) is 0 Å². The van der Waals surface area contributed by atoms with Crippen LogP contribution in [0.1, 0.15) is 25.0 Å². The second-order valence-corrected chi connectivity index (χ2v) is 3.42. The van der Waals surface area contributed by atoms with Gasteiger partial charge >= 0.3 is 0 Å². The molecular formula is C9H14N2O. The van der Waals surface area contributed by atoms with Crippen molar-refractivity contribution in [1.82, 2.24) is 9.78 Å². The summed E-state index contributed by atoms with van der Waals surface area (Å²) in [4.78, 5) is 0. The van der Waals surface area contributed by atoms with Crippen molar-refractivity contribution in [2.75, 3.05) is 0 Å². The van der Waals surface area contributed by atoms with Crippen molar-refractivity contribution in [2.45, 2.75) is 32.3 Å². The molecule has 3 nitrogen and oxygen atoms in total. The first-order valence-corrected chi connectivity index (χ1v) is 4.42. The van der Waals surface area contributed by atoms with E-state index in [9.17, 15) is 0 Å². The highest BCUT2D eigenvalue weighted by Crippen LogP contribution is 2.26. The normalized spacial score (nSPS) is 17.5. The van der Waals surface area contributed by atoms with Gasteiger partial charge in [0.05, 0.1) is 12.3 Å². The molecule has 1 fully saturated rings. The number of ether oxygens (including phenoxy) is 1. The zero-order chi connectivity index (χ0) is 8.55. The van der Waals surface area contributed by atoms with E-state index in [2.05, 4.69) is 5.10 Å². The van der Waals surface area contributed by atoms with E-state index in [-0.39, 0.29) is 0 Å². The molecule has 0 spiro atoms. The van der Waals surface area contributed by atoms with Gasteiger partial charge in [0.2, 0.25) is 0 Å². The molecule has 0 radical (unpaired) electrons. The summed E-state index contributed by atoms with van der Waals surface area (Å²) in [5.41, 5.74) is 0.990. The van der Waals surface area contributed by atoms with Gasteiger partial charge in [-0.1, -0.05) is 0 Å². The summed E-state index contributed by atoms with van der Waals surface area (Å²) in [6.45, 7) is 1.98. The molecule has 66 valence electrons. The number of rotatable bonds is 2. The van der Waals surface area contributed by atoms with Crippen molar-refractivity contribution in [3.05, 3.63) is 11.9 Å². The molecule has 0 bridgehead atoms. The summed E-state index contributed by atoms with van der Waals surface area (Å²) < 4.78 is 7.51. The Balaban J connectivity index is 2.05. The molecule has 2 rings (SSSR count). The topological polar surface area (TPSA) is 27.1 Å². The summed E-state index contributed by atoms with van der Waals surface area (Å²) in [5.74, 6) is 0.946. The standard InChI is InChI=1S/C9H14N2O/c1-7-9(6-11(2)10-7)12-8-4-3-5-8/h6,8H,3-5H2,1-2H3. The molecular weight excluding hydrogens is 152 g/mol. The zero-order valence-corrected chi connectivity index (χ0v) is 7.58. The minimum absolute atomic E-state index is 0.452. The van der Waals surface area contributed by atoms with Crippen molar-refractivity contribution < 1.29 is 4.74 Å². The van der Waals surface area contributed by atoms with Crippen LogP contribution in [0.2, 0.25) is 0 Å². The van der Waals surface area contributed by atoms with Gasteiger partial charge in [-0.2, -0.15) is 5.10 Å². The van der Waals surface area contributed by atoms with Crippen molar-refractivity contribution in [2.24, 2.45) is 7.05 Å². The Morgan fingerprint density at radius 3 is 2.75 bits per heavy atom. The fourth-order valence-corrected chi connectivity index (χ4v) is 1.36. The Morgan fingerprint density at radius 2 is 2.33 bits per heavy atom. The second kappa shape index (κ2) is 2.81. The Bertz CT molecular complexity index is 276. The highest BCUT2D eigenvalue weighted by Gasteiger charge is 2.20. The molecule has 0 aliphatic heterocycles. The van der Waals surface area contributed by atoms with Gasteiger partial charge in [-0.25, -0.2) is 0 Å². The first-order chi connectivity index (χ1) is 5.75. The van der Waals surface area contributed by atoms with Crippen LogP contribution in [0.5, 0.6) is 5.75 Å². The largest absolute Gasteiger partial charge is 0.487 e. The van der Waals surface area contributed by atoms with Gasteiger partial charge < -0.3 is 4.74 Å². The monoisotopic (exact) mass is 166 g/mol. The molecule has 1 aromatic rings. The fourth-order valence-electron chi connectivity index (χ4n) is 1.36. The number of hydrogen-bond acceptors (Lipinski definition) is 2. The third-order valence-electron chi connectivity index (χ3n) is 2.31. The van der Waals surface area contributed by atoms with Gasteiger partial charge in [0.25, 0.3) is 0 Å². The predicted molar refractivity (Wildman–Crippen MR) is 46.2 cm³/mol. The van der Waals surface area contributed by atoms with Crippen LogP contribution in [0.3, 0.4) is 0 Å². The van der Waals surface area contributed by atoms with Crippen LogP contribution in [0.15, 0.2) is 6.20 Å². The number of aromatic nitrogens is 2. The van der Waals surface area contributed by atoms with Crippen molar-refractivity contribution >= 4 is 0 Å². The first kappa shape index (κ1) is 7.65. The highest BCUT2D eigenvalue weighted by atomic mass is 16.5. The minimum Gasteiger partial charge on any atom is -0.487 e. The summed E-state index contributed by atoms with van der Waals surface area (Å²) in [5, 5.41) is 4.21. The summed E-state index contributed by atoms with van der Waals surface area (Å²) >= 11 is 0. The minimum atomic E-state index is 0.452. The van der Waals surface area contributed by atoms with Gasteiger partial charge in [0.1, 0.15) is 5.69 Å². The number of hydrogen-bond donors (Lipinski definition) is 0. The zero-order valence-electron chi connectivity index (χ0n) is 7.58. The maximum Gasteiger partial charge on any atom is 0.160 e. The maximum atomic E-state index is 5.72.